The Labute approximate surface area is 95.8 Å². The molecule has 0 aromatic rings. The predicted octanol–water partition coefficient (Wildman–Crippen LogP) is 2.27. The van der Waals surface area contributed by atoms with Gasteiger partial charge in [0.15, 0.2) is 0 Å². The van der Waals surface area contributed by atoms with E-state index in [4.69, 9.17) is 9.47 Å². The summed E-state index contributed by atoms with van der Waals surface area (Å²) in [4.78, 5) is 12.2. The molecule has 2 bridgehead atoms. The van der Waals surface area contributed by atoms with Crippen LogP contribution >= 0.6 is 0 Å². The van der Waals surface area contributed by atoms with Crippen molar-refractivity contribution in [1.82, 2.24) is 0 Å². The summed E-state index contributed by atoms with van der Waals surface area (Å²) in [5.41, 5.74) is -0.323. The second-order valence-electron chi connectivity index (χ2n) is 5.41. The van der Waals surface area contributed by atoms with E-state index in [9.17, 15) is 4.79 Å². The summed E-state index contributed by atoms with van der Waals surface area (Å²) in [7, 11) is 0. The highest BCUT2D eigenvalue weighted by atomic mass is 16.7. The Balaban J connectivity index is 1.68. The zero-order chi connectivity index (χ0) is 11.2. The van der Waals surface area contributed by atoms with Crippen molar-refractivity contribution in [1.29, 1.82) is 0 Å². The first-order chi connectivity index (χ1) is 7.70. The zero-order valence-electron chi connectivity index (χ0n) is 9.65. The lowest BCUT2D eigenvalue weighted by atomic mass is 9.85. The monoisotopic (exact) mass is 222 g/mol. The number of rotatable bonds is 2. The van der Waals surface area contributed by atoms with Gasteiger partial charge in [0.25, 0.3) is 0 Å². The van der Waals surface area contributed by atoms with E-state index in [0.717, 1.165) is 32.3 Å². The lowest BCUT2D eigenvalue weighted by molar-refractivity contribution is -0.178. The standard InChI is InChI=1S/C13H18O3/c1-9-7-13(5-4-10(9)8-13)12(14)16-11-3-2-6-15-11/h4-5,9-11H,2-3,6-8H2,1H3. The largest absolute Gasteiger partial charge is 0.435 e. The third-order valence-electron chi connectivity index (χ3n) is 4.21. The maximum Gasteiger partial charge on any atom is 0.318 e. The van der Waals surface area contributed by atoms with Crippen LogP contribution in [-0.2, 0) is 14.3 Å². The van der Waals surface area contributed by atoms with Crippen molar-refractivity contribution >= 4 is 5.97 Å². The molecule has 1 heterocycles. The van der Waals surface area contributed by atoms with Crippen molar-refractivity contribution in [3.05, 3.63) is 12.2 Å². The lowest BCUT2D eigenvalue weighted by Crippen LogP contribution is -2.31. The molecule has 0 aromatic carbocycles. The van der Waals surface area contributed by atoms with Gasteiger partial charge in [0.2, 0.25) is 6.29 Å². The van der Waals surface area contributed by atoms with Crippen LogP contribution in [-0.4, -0.2) is 18.9 Å². The molecule has 0 aromatic heterocycles. The molecular weight excluding hydrogens is 204 g/mol. The van der Waals surface area contributed by atoms with Gasteiger partial charge < -0.3 is 9.47 Å². The summed E-state index contributed by atoms with van der Waals surface area (Å²) >= 11 is 0. The van der Waals surface area contributed by atoms with Crippen molar-refractivity contribution < 1.29 is 14.3 Å². The van der Waals surface area contributed by atoms with E-state index < -0.39 is 0 Å². The molecule has 16 heavy (non-hydrogen) atoms. The van der Waals surface area contributed by atoms with Crippen LogP contribution in [0.25, 0.3) is 0 Å². The van der Waals surface area contributed by atoms with Gasteiger partial charge in [0.05, 0.1) is 12.0 Å². The van der Waals surface area contributed by atoms with Gasteiger partial charge >= 0.3 is 5.97 Å². The summed E-state index contributed by atoms with van der Waals surface area (Å²) in [5, 5.41) is 0. The second kappa shape index (κ2) is 3.59. The van der Waals surface area contributed by atoms with Crippen LogP contribution in [0.4, 0.5) is 0 Å². The number of carbonyl (C=O) groups excluding carboxylic acids is 1. The van der Waals surface area contributed by atoms with Gasteiger partial charge in [-0.2, -0.15) is 0 Å². The molecule has 0 amide bonds. The predicted molar refractivity (Wildman–Crippen MR) is 58.5 cm³/mol. The van der Waals surface area contributed by atoms with Crippen molar-refractivity contribution in [3.63, 3.8) is 0 Å². The number of hydrogen-bond acceptors (Lipinski definition) is 3. The van der Waals surface area contributed by atoms with Crippen molar-refractivity contribution in [2.75, 3.05) is 6.61 Å². The molecule has 2 fully saturated rings. The first-order valence-corrected chi connectivity index (χ1v) is 6.22. The highest BCUT2D eigenvalue weighted by Crippen LogP contribution is 2.53. The van der Waals surface area contributed by atoms with Crippen molar-refractivity contribution in [3.8, 4) is 0 Å². The summed E-state index contributed by atoms with van der Waals surface area (Å²) in [6, 6.07) is 0. The average molecular weight is 222 g/mol. The van der Waals surface area contributed by atoms with Crippen LogP contribution in [0.5, 0.6) is 0 Å². The molecule has 1 aliphatic heterocycles. The van der Waals surface area contributed by atoms with Gasteiger partial charge in [0, 0.05) is 6.42 Å². The summed E-state index contributed by atoms with van der Waals surface area (Å²) in [6.45, 7) is 2.94. The van der Waals surface area contributed by atoms with Gasteiger partial charge in [-0.15, -0.1) is 0 Å². The summed E-state index contributed by atoms with van der Waals surface area (Å²) in [6.07, 6.45) is 7.70. The topological polar surface area (TPSA) is 35.5 Å². The second-order valence-corrected chi connectivity index (χ2v) is 5.41. The molecule has 3 rings (SSSR count). The Morgan fingerprint density at radius 3 is 2.94 bits per heavy atom. The Morgan fingerprint density at radius 1 is 1.50 bits per heavy atom. The number of hydrogen-bond donors (Lipinski definition) is 0. The Hall–Kier alpha value is -0.830. The van der Waals surface area contributed by atoms with Crippen LogP contribution in [0.1, 0.15) is 32.6 Å². The quantitative estimate of drug-likeness (QED) is 0.531. The summed E-state index contributed by atoms with van der Waals surface area (Å²) in [5.74, 6) is 1.13. The third-order valence-corrected chi connectivity index (χ3v) is 4.21. The average Bonchev–Trinajstić information content (AvgIpc) is 2.92. The molecule has 4 atom stereocenters. The molecule has 0 radical (unpaired) electrons. The Kier molecular flexibility index (Phi) is 2.32. The zero-order valence-corrected chi connectivity index (χ0v) is 9.65. The lowest BCUT2D eigenvalue weighted by Gasteiger charge is -2.24. The highest BCUT2D eigenvalue weighted by Gasteiger charge is 2.51. The molecule has 3 aliphatic rings. The first kappa shape index (κ1) is 10.3. The van der Waals surface area contributed by atoms with Gasteiger partial charge in [-0.05, 0) is 31.1 Å². The SMILES string of the molecule is CC1CC2(C(=O)OC3CCCO3)C=CC1C2. The normalized spacial score (nSPS) is 45.2. The van der Waals surface area contributed by atoms with Crippen LogP contribution < -0.4 is 0 Å². The molecule has 0 spiro atoms. The number of allylic oxidation sites excluding steroid dienone is 1. The number of carbonyl (C=O) groups is 1. The van der Waals surface area contributed by atoms with E-state index >= 15 is 0 Å². The van der Waals surface area contributed by atoms with Gasteiger partial charge in [-0.1, -0.05) is 19.1 Å². The minimum atomic E-state index is -0.323. The summed E-state index contributed by atoms with van der Waals surface area (Å²) < 4.78 is 10.8. The van der Waals surface area contributed by atoms with Gasteiger partial charge in [-0.3, -0.25) is 4.79 Å². The molecule has 1 saturated carbocycles. The first-order valence-electron chi connectivity index (χ1n) is 6.22. The number of fused-ring (bicyclic) bond motifs is 2. The molecule has 3 nitrogen and oxygen atoms in total. The minimum absolute atomic E-state index is 0.0671. The van der Waals surface area contributed by atoms with E-state index in [2.05, 4.69) is 19.1 Å². The van der Waals surface area contributed by atoms with Gasteiger partial charge in [0.1, 0.15) is 0 Å². The van der Waals surface area contributed by atoms with Gasteiger partial charge in [-0.25, -0.2) is 0 Å². The number of esters is 1. The van der Waals surface area contributed by atoms with Crippen molar-refractivity contribution in [2.24, 2.45) is 17.3 Å². The van der Waals surface area contributed by atoms with E-state index in [0.29, 0.717) is 11.8 Å². The van der Waals surface area contributed by atoms with Crippen LogP contribution in [0.2, 0.25) is 0 Å². The van der Waals surface area contributed by atoms with E-state index in [1.54, 1.807) is 0 Å². The smallest absolute Gasteiger partial charge is 0.318 e. The fourth-order valence-corrected chi connectivity index (χ4v) is 3.25. The van der Waals surface area contributed by atoms with Crippen LogP contribution in [0, 0.1) is 17.3 Å². The molecule has 2 aliphatic carbocycles. The maximum atomic E-state index is 12.2. The fraction of sp³-hybridized carbons (Fsp3) is 0.769. The van der Waals surface area contributed by atoms with E-state index in [1.165, 1.54) is 0 Å². The molecular formula is C13H18O3. The fourth-order valence-electron chi connectivity index (χ4n) is 3.25. The molecule has 4 unspecified atom stereocenters. The van der Waals surface area contributed by atoms with E-state index in [-0.39, 0.29) is 17.7 Å². The molecule has 1 saturated heterocycles. The Morgan fingerprint density at radius 2 is 2.38 bits per heavy atom. The molecule has 0 N–H and O–H groups in total. The van der Waals surface area contributed by atoms with Crippen LogP contribution in [0.3, 0.4) is 0 Å². The Bertz CT molecular complexity index is 330. The molecule has 3 heteroatoms. The number of ether oxygens (including phenoxy) is 2. The van der Waals surface area contributed by atoms with Crippen LogP contribution in [0.15, 0.2) is 12.2 Å². The minimum Gasteiger partial charge on any atom is -0.435 e. The maximum absolute atomic E-state index is 12.2. The molecule has 88 valence electrons. The highest BCUT2D eigenvalue weighted by molar-refractivity contribution is 5.80. The van der Waals surface area contributed by atoms with Crippen molar-refractivity contribution in [2.45, 2.75) is 38.9 Å². The third kappa shape index (κ3) is 1.49. The van der Waals surface area contributed by atoms with E-state index in [1.807, 2.05) is 0 Å².